The van der Waals surface area contributed by atoms with Gasteiger partial charge in [-0.2, -0.15) is 0 Å². The van der Waals surface area contributed by atoms with Crippen LogP contribution < -0.4 is 0 Å². The highest BCUT2D eigenvalue weighted by Crippen LogP contribution is 2.27. The van der Waals surface area contributed by atoms with E-state index < -0.39 is 0 Å². The molecule has 1 unspecified atom stereocenters. The van der Waals surface area contributed by atoms with E-state index in [0.717, 1.165) is 43.9 Å². The fraction of sp³-hybridized carbons (Fsp3) is 0.529. The molecule has 1 fully saturated rings. The molecule has 1 aliphatic rings. The fourth-order valence-corrected chi connectivity index (χ4v) is 4.03. The minimum atomic E-state index is -0.105. The van der Waals surface area contributed by atoms with Gasteiger partial charge in [-0.05, 0) is 25.5 Å². The van der Waals surface area contributed by atoms with Gasteiger partial charge in [0.05, 0.1) is 0 Å². The van der Waals surface area contributed by atoms with E-state index in [9.17, 15) is 5.11 Å². The van der Waals surface area contributed by atoms with Gasteiger partial charge < -0.3 is 14.8 Å². The maximum absolute atomic E-state index is 9.28. The average molecular weight is 346 g/mol. The lowest BCUT2D eigenvalue weighted by molar-refractivity contribution is 0.196. The highest BCUT2D eigenvalue weighted by Gasteiger charge is 2.26. The molecular formula is C17H22N4O2S. The second kappa shape index (κ2) is 7.90. The molecule has 2 aromatic rings. The normalized spacial score (nSPS) is 18.4. The van der Waals surface area contributed by atoms with Crippen LogP contribution in [0.3, 0.4) is 0 Å². The Kier molecular flexibility index (Phi) is 5.63. The van der Waals surface area contributed by atoms with Crippen molar-refractivity contribution in [3.8, 4) is 11.8 Å². The first-order valence-corrected chi connectivity index (χ1v) is 8.97. The monoisotopic (exact) mass is 346 g/mol. The molecule has 6 nitrogen and oxygen atoms in total. The number of aromatic nitrogens is 3. The molecule has 0 aliphatic carbocycles. The zero-order chi connectivity index (χ0) is 16.9. The maximum Gasteiger partial charge on any atom is 0.158 e. The van der Waals surface area contributed by atoms with Gasteiger partial charge >= 0.3 is 0 Å². The molecule has 24 heavy (non-hydrogen) atoms. The zero-order valence-electron chi connectivity index (χ0n) is 13.8. The smallest absolute Gasteiger partial charge is 0.158 e. The first-order valence-electron chi connectivity index (χ1n) is 8.09. The number of likely N-dealkylation sites (tertiary alicyclic amines) is 1. The van der Waals surface area contributed by atoms with E-state index in [2.05, 4.69) is 33.0 Å². The number of piperidine rings is 1. The molecule has 0 spiro atoms. The van der Waals surface area contributed by atoms with Crippen molar-refractivity contribution in [3.63, 3.8) is 0 Å². The molecule has 0 bridgehead atoms. The summed E-state index contributed by atoms with van der Waals surface area (Å²) >= 11 is 1.71. The summed E-state index contributed by atoms with van der Waals surface area (Å²) in [4.78, 5) is 3.73. The predicted octanol–water partition coefficient (Wildman–Crippen LogP) is 1.09. The molecule has 7 heteroatoms. The molecule has 2 aromatic heterocycles. The molecule has 0 aromatic carbocycles. The van der Waals surface area contributed by atoms with E-state index in [1.54, 1.807) is 11.3 Å². The Bertz CT molecular complexity index is 743. The minimum Gasteiger partial charge on any atom is -0.388 e. The summed E-state index contributed by atoms with van der Waals surface area (Å²) in [7, 11) is 1.92. The Morgan fingerprint density at radius 2 is 2.25 bits per heavy atom. The van der Waals surface area contributed by atoms with E-state index in [-0.39, 0.29) is 13.2 Å². The quantitative estimate of drug-likeness (QED) is 0.811. The summed E-state index contributed by atoms with van der Waals surface area (Å²) in [6, 6.07) is 2.10. The molecule has 0 saturated carbocycles. The molecule has 0 radical (unpaired) electrons. The van der Waals surface area contributed by atoms with E-state index in [1.165, 1.54) is 4.88 Å². The SMILES string of the molecule is Cn1c(CO)nnc1C1CCCN(Cc2cc(C#CCO)cs2)C1. The van der Waals surface area contributed by atoms with Gasteiger partial charge in [-0.15, -0.1) is 21.5 Å². The second-order valence-corrected chi connectivity index (χ2v) is 7.02. The third-order valence-electron chi connectivity index (χ3n) is 4.36. The van der Waals surface area contributed by atoms with Crippen molar-refractivity contribution in [1.82, 2.24) is 19.7 Å². The third-order valence-corrected chi connectivity index (χ3v) is 5.28. The standard InChI is InChI=1S/C17H22N4O2S/c1-20-16(11-23)18-19-17(20)14-5-2-6-21(9-14)10-15-8-13(12-24-15)4-3-7-22/h8,12,14,22-23H,2,5-7,9-11H2,1H3. The van der Waals surface area contributed by atoms with Gasteiger partial charge in [0.1, 0.15) is 19.0 Å². The van der Waals surface area contributed by atoms with Gasteiger partial charge in [0.15, 0.2) is 5.82 Å². The summed E-state index contributed by atoms with van der Waals surface area (Å²) in [5.41, 5.74) is 0.971. The van der Waals surface area contributed by atoms with E-state index in [4.69, 9.17) is 5.11 Å². The van der Waals surface area contributed by atoms with Crippen LogP contribution in [0.2, 0.25) is 0 Å². The summed E-state index contributed by atoms with van der Waals surface area (Å²) in [6.45, 7) is 2.76. The summed E-state index contributed by atoms with van der Waals surface area (Å²) in [5, 5.41) is 28.4. The maximum atomic E-state index is 9.28. The highest BCUT2D eigenvalue weighted by molar-refractivity contribution is 7.10. The third kappa shape index (κ3) is 3.84. The Labute approximate surface area is 145 Å². The Hall–Kier alpha value is -1.72. The second-order valence-electron chi connectivity index (χ2n) is 6.03. The molecule has 1 atom stereocenters. The van der Waals surface area contributed by atoms with E-state index >= 15 is 0 Å². The largest absolute Gasteiger partial charge is 0.388 e. The predicted molar refractivity (Wildman–Crippen MR) is 92.5 cm³/mol. The van der Waals surface area contributed by atoms with Crippen LogP contribution in [0.25, 0.3) is 0 Å². The molecule has 1 saturated heterocycles. The van der Waals surface area contributed by atoms with Crippen molar-refractivity contribution in [2.45, 2.75) is 31.9 Å². The summed E-state index contributed by atoms with van der Waals surface area (Å²) < 4.78 is 1.92. The van der Waals surface area contributed by atoms with Crippen LogP contribution in [-0.2, 0) is 20.2 Å². The number of thiophene rings is 1. The number of rotatable bonds is 4. The van der Waals surface area contributed by atoms with Crippen LogP contribution in [0.5, 0.6) is 0 Å². The van der Waals surface area contributed by atoms with Gasteiger partial charge in [0, 0.05) is 41.9 Å². The summed E-state index contributed by atoms with van der Waals surface area (Å²) in [5.74, 6) is 7.57. The number of hydrogen-bond donors (Lipinski definition) is 2. The van der Waals surface area contributed by atoms with Crippen LogP contribution in [-0.4, -0.2) is 49.6 Å². The van der Waals surface area contributed by atoms with Crippen LogP contribution in [0.15, 0.2) is 11.4 Å². The van der Waals surface area contributed by atoms with Crippen molar-refractivity contribution >= 4 is 11.3 Å². The van der Waals surface area contributed by atoms with E-state index in [0.29, 0.717) is 11.7 Å². The minimum absolute atomic E-state index is 0.0766. The van der Waals surface area contributed by atoms with Crippen LogP contribution in [0.1, 0.15) is 40.8 Å². The molecule has 0 amide bonds. The van der Waals surface area contributed by atoms with Gasteiger partial charge in [-0.25, -0.2) is 0 Å². The topological polar surface area (TPSA) is 74.4 Å². The molecule has 3 heterocycles. The Balaban J connectivity index is 1.65. The van der Waals surface area contributed by atoms with Crippen molar-refractivity contribution in [1.29, 1.82) is 0 Å². The molecule has 3 rings (SSSR count). The van der Waals surface area contributed by atoms with Gasteiger partial charge in [0.2, 0.25) is 0 Å². The van der Waals surface area contributed by atoms with Crippen molar-refractivity contribution in [2.24, 2.45) is 7.05 Å². The first kappa shape index (κ1) is 17.1. The van der Waals surface area contributed by atoms with Crippen LogP contribution >= 0.6 is 11.3 Å². The number of hydrogen-bond acceptors (Lipinski definition) is 6. The van der Waals surface area contributed by atoms with Crippen LogP contribution in [0.4, 0.5) is 0 Å². The molecule has 2 N–H and O–H groups in total. The van der Waals surface area contributed by atoms with Crippen molar-refractivity contribution < 1.29 is 10.2 Å². The van der Waals surface area contributed by atoms with Crippen molar-refractivity contribution in [2.75, 3.05) is 19.7 Å². The molecule has 128 valence electrons. The zero-order valence-corrected chi connectivity index (χ0v) is 14.6. The lowest BCUT2D eigenvalue weighted by Crippen LogP contribution is -2.34. The van der Waals surface area contributed by atoms with E-state index in [1.807, 2.05) is 17.0 Å². The average Bonchev–Trinajstić information content (AvgIpc) is 3.19. The molecular weight excluding hydrogens is 324 g/mol. The Morgan fingerprint density at radius 3 is 3.00 bits per heavy atom. The first-order chi connectivity index (χ1) is 11.7. The number of aliphatic hydroxyl groups excluding tert-OH is 2. The van der Waals surface area contributed by atoms with Gasteiger partial charge in [0.25, 0.3) is 0 Å². The lowest BCUT2D eigenvalue weighted by Gasteiger charge is -2.31. The van der Waals surface area contributed by atoms with Gasteiger partial charge in [-0.3, -0.25) is 4.90 Å². The fourth-order valence-electron chi connectivity index (χ4n) is 3.17. The van der Waals surface area contributed by atoms with Crippen LogP contribution in [0, 0.1) is 11.8 Å². The number of aliphatic hydroxyl groups is 2. The Morgan fingerprint density at radius 1 is 1.38 bits per heavy atom. The lowest BCUT2D eigenvalue weighted by atomic mass is 9.97. The number of nitrogens with zero attached hydrogens (tertiary/aromatic N) is 4. The van der Waals surface area contributed by atoms with Crippen molar-refractivity contribution in [3.05, 3.63) is 33.5 Å². The molecule has 1 aliphatic heterocycles. The van der Waals surface area contributed by atoms with Gasteiger partial charge in [-0.1, -0.05) is 11.8 Å². The highest BCUT2D eigenvalue weighted by atomic mass is 32.1. The summed E-state index contributed by atoms with van der Waals surface area (Å²) in [6.07, 6.45) is 2.24.